The fourth-order valence-corrected chi connectivity index (χ4v) is 4.60. The number of aromatic amines is 2. The van der Waals surface area contributed by atoms with E-state index >= 15 is 0 Å². The van der Waals surface area contributed by atoms with Crippen molar-refractivity contribution in [1.29, 1.82) is 0 Å². The predicted octanol–water partition coefficient (Wildman–Crippen LogP) is 2.41. The van der Waals surface area contributed by atoms with E-state index in [1.54, 1.807) is 11.3 Å². The third-order valence-electron chi connectivity index (χ3n) is 4.92. The van der Waals surface area contributed by atoms with Crippen molar-refractivity contribution >= 4 is 38.4 Å². The van der Waals surface area contributed by atoms with E-state index in [1.807, 2.05) is 18.3 Å². The molecular formula is C18H21N7OS. The Morgan fingerprint density at radius 3 is 2.96 bits per heavy atom. The standard InChI is InChI=1S/C18H21N7OS/c19-18-16-15(17-12(21-18)10-13(27-17)11-3-4-20-24-11)22-14(23-16)2-1-5-25-6-8-26-9-7-25/h3-4,10H,1-2,5-9H2,(H2,19,21)(H,20,24)(H,22,23). The Bertz CT molecular complexity index is 1060. The van der Waals surface area contributed by atoms with Gasteiger partial charge in [0.1, 0.15) is 17.0 Å². The minimum atomic E-state index is 0.472. The van der Waals surface area contributed by atoms with E-state index in [-0.39, 0.29) is 0 Å². The monoisotopic (exact) mass is 383 g/mol. The van der Waals surface area contributed by atoms with Gasteiger partial charge in [0.05, 0.1) is 33.8 Å². The van der Waals surface area contributed by atoms with Crippen molar-refractivity contribution in [2.75, 3.05) is 38.6 Å². The van der Waals surface area contributed by atoms with Gasteiger partial charge in [0.2, 0.25) is 0 Å². The fraction of sp³-hybridized carbons (Fsp3) is 0.389. The molecule has 0 aromatic carbocycles. The third kappa shape index (κ3) is 3.18. The molecule has 8 nitrogen and oxygen atoms in total. The molecule has 0 saturated carbocycles. The summed E-state index contributed by atoms with van der Waals surface area (Å²) in [5.74, 6) is 1.44. The summed E-state index contributed by atoms with van der Waals surface area (Å²) in [6.45, 7) is 4.76. The van der Waals surface area contributed by atoms with Crippen molar-refractivity contribution in [3.05, 3.63) is 24.2 Å². The van der Waals surface area contributed by atoms with E-state index in [1.165, 1.54) is 0 Å². The number of nitrogens with one attached hydrogen (secondary N) is 2. The zero-order valence-corrected chi connectivity index (χ0v) is 15.7. The van der Waals surface area contributed by atoms with Crippen LogP contribution in [-0.2, 0) is 11.2 Å². The molecule has 5 rings (SSSR count). The number of aromatic nitrogens is 5. The Kier molecular flexibility index (Phi) is 4.27. The first-order valence-corrected chi connectivity index (χ1v) is 9.97. The van der Waals surface area contributed by atoms with Crippen molar-refractivity contribution in [3.63, 3.8) is 0 Å². The van der Waals surface area contributed by atoms with Crippen LogP contribution in [0.3, 0.4) is 0 Å². The topological polar surface area (TPSA) is 109 Å². The molecule has 0 spiro atoms. The van der Waals surface area contributed by atoms with E-state index in [9.17, 15) is 0 Å². The van der Waals surface area contributed by atoms with E-state index < -0.39 is 0 Å². The molecule has 0 radical (unpaired) electrons. The quantitative estimate of drug-likeness (QED) is 0.488. The summed E-state index contributed by atoms with van der Waals surface area (Å²) >= 11 is 1.66. The van der Waals surface area contributed by atoms with Crippen LogP contribution in [0.25, 0.3) is 31.8 Å². The molecule has 0 amide bonds. The number of nitrogen functional groups attached to an aromatic ring is 1. The maximum absolute atomic E-state index is 6.18. The van der Waals surface area contributed by atoms with Crippen molar-refractivity contribution in [2.24, 2.45) is 0 Å². The summed E-state index contributed by atoms with van der Waals surface area (Å²) in [7, 11) is 0. The van der Waals surface area contributed by atoms with Gasteiger partial charge in [-0.25, -0.2) is 9.97 Å². The Hall–Kier alpha value is -2.49. The molecular weight excluding hydrogens is 362 g/mol. The van der Waals surface area contributed by atoms with Gasteiger partial charge in [-0.2, -0.15) is 5.10 Å². The molecule has 1 saturated heterocycles. The second-order valence-electron chi connectivity index (χ2n) is 6.75. The molecule has 0 unspecified atom stereocenters. The molecule has 4 aromatic heterocycles. The number of imidazole rings is 1. The number of rotatable bonds is 5. The number of thiophene rings is 1. The summed E-state index contributed by atoms with van der Waals surface area (Å²) in [5, 5.41) is 7.12. The lowest BCUT2D eigenvalue weighted by atomic mass is 10.2. The van der Waals surface area contributed by atoms with Gasteiger partial charge in [0, 0.05) is 25.7 Å². The van der Waals surface area contributed by atoms with Gasteiger partial charge in [-0.3, -0.25) is 10.00 Å². The van der Waals surface area contributed by atoms with Crippen LogP contribution in [0, 0.1) is 0 Å². The minimum Gasteiger partial charge on any atom is -0.382 e. The summed E-state index contributed by atoms with van der Waals surface area (Å²) in [6.07, 6.45) is 3.77. The number of ether oxygens (including phenoxy) is 1. The van der Waals surface area contributed by atoms with Crippen LogP contribution in [0.15, 0.2) is 18.3 Å². The molecule has 5 heterocycles. The molecule has 0 aliphatic carbocycles. The van der Waals surface area contributed by atoms with Gasteiger partial charge in [0.15, 0.2) is 5.82 Å². The molecule has 0 bridgehead atoms. The maximum Gasteiger partial charge on any atom is 0.152 e. The van der Waals surface area contributed by atoms with Crippen molar-refractivity contribution < 1.29 is 4.74 Å². The summed E-state index contributed by atoms with van der Waals surface area (Å²) in [4.78, 5) is 16.3. The molecule has 0 atom stereocenters. The zero-order chi connectivity index (χ0) is 18.2. The van der Waals surface area contributed by atoms with Crippen LogP contribution in [0.1, 0.15) is 12.2 Å². The number of anilines is 1. The summed E-state index contributed by atoms with van der Waals surface area (Å²) < 4.78 is 6.47. The predicted molar refractivity (Wildman–Crippen MR) is 107 cm³/mol. The van der Waals surface area contributed by atoms with Gasteiger partial charge >= 0.3 is 0 Å². The zero-order valence-electron chi connectivity index (χ0n) is 14.9. The van der Waals surface area contributed by atoms with Crippen molar-refractivity contribution in [1.82, 2.24) is 30.0 Å². The number of hydrogen-bond donors (Lipinski definition) is 3. The highest BCUT2D eigenvalue weighted by Gasteiger charge is 2.16. The highest BCUT2D eigenvalue weighted by molar-refractivity contribution is 7.23. The minimum absolute atomic E-state index is 0.472. The molecule has 1 fully saturated rings. The number of fused-ring (bicyclic) bond motifs is 3. The van der Waals surface area contributed by atoms with Crippen LogP contribution in [0.2, 0.25) is 0 Å². The van der Waals surface area contributed by atoms with Crippen LogP contribution >= 0.6 is 11.3 Å². The second-order valence-corrected chi connectivity index (χ2v) is 7.80. The third-order valence-corrected chi connectivity index (χ3v) is 6.09. The largest absolute Gasteiger partial charge is 0.382 e. The number of nitrogens with two attached hydrogens (primary N) is 1. The molecule has 1 aliphatic rings. The first kappa shape index (κ1) is 16.7. The van der Waals surface area contributed by atoms with Crippen LogP contribution in [-0.4, -0.2) is 62.9 Å². The van der Waals surface area contributed by atoms with Crippen molar-refractivity contribution in [3.8, 4) is 10.6 Å². The number of pyridine rings is 1. The summed E-state index contributed by atoms with van der Waals surface area (Å²) in [5.41, 5.74) is 9.71. The van der Waals surface area contributed by atoms with Crippen LogP contribution < -0.4 is 5.73 Å². The Morgan fingerprint density at radius 2 is 2.15 bits per heavy atom. The fourth-order valence-electron chi connectivity index (χ4n) is 3.54. The lowest BCUT2D eigenvalue weighted by Gasteiger charge is -2.26. The molecule has 27 heavy (non-hydrogen) atoms. The first-order valence-electron chi connectivity index (χ1n) is 9.16. The number of nitrogens with zero attached hydrogens (tertiary/aromatic N) is 4. The average Bonchev–Trinajstić information content (AvgIpc) is 3.41. The highest BCUT2D eigenvalue weighted by Crippen LogP contribution is 2.36. The number of H-pyrrole nitrogens is 2. The maximum atomic E-state index is 6.18. The SMILES string of the molecule is Nc1nc2cc(-c3cc[nH]n3)sc2c2[nH]c(CCCN3CCOCC3)nc12. The van der Waals surface area contributed by atoms with E-state index in [0.29, 0.717) is 5.82 Å². The smallest absolute Gasteiger partial charge is 0.152 e. The van der Waals surface area contributed by atoms with Crippen LogP contribution in [0.4, 0.5) is 5.82 Å². The Balaban J connectivity index is 1.41. The van der Waals surface area contributed by atoms with Crippen molar-refractivity contribution in [2.45, 2.75) is 12.8 Å². The second kappa shape index (κ2) is 6.91. The van der Waals surface area contributed by atoms with E-state index in [2.05, 4.69) is 25.1 Å². The van der Waals surface area contributed by atoms with Gasteiger partial charge in [-0.05, 0) is 25.1 Å². The number of aryl methyl sites for hydroxylation is 1. The molecule has 9 heteroatoms. The molecule has 1 aliphatic heterocycles. The Morgan fingerprint density at radius 1 is 1.26 bits per heavy atom. The number of hydrogen-bond acceptors (Lipinski definition) is 7. The van der Waals surface area contributed by atoms with Gasteiger partial charge in [0.25, 0.3) is 0 Å². The first-order chi connectivity index (χ1) is 13.3. The average molecular weight is 383 g/mol. The highest BCUT2D eigenvalue weighted by atomic mass is 32.1. The number of morpholine rings is 1. The van der Waals surface area contributed by atoms with Crippen LogP contribution in [0.5, 0.6) is 0 Å². The normalized spacial score (nSPS) is 15.9. The molecule has 140 valence electrons. The Labute approximate surface area is 159 Å². The van der Waals surface area contributed by atoms with Gasteiger partial charge in [-0.15, -0.1) is 11.3 Å². The van der Waals surface area contributed by atoms with E-state index in [4.69, 9.17) is 15.5 Å². The lowest BCUT2D eigenvalue weighted by molar-refractivity contribution is 0.0374. The molecule has 4 N–H and O–H groups in total. The van der Waals surface area contributed by atoms with Gasteiger partial charge in [-0.1, -0.05) is 0 Å². The lowest BCUT2D eigenvalue weighted by Crippen LogP contribution is -2.36. The van der Waals surface area contributed by atoms with Gasteiger partial charge < -0.3 is 15.5 Å². The molecule has 4 aromatic rings. The summed E-state index contributed by atoms with van der Waals surface area (Å²) in [6, 6.07) is 3.99. The van der Waals surface area contributed by atoms with E-state index in [0.717, 1.165) is 83.3 Å².